The highest BCUT2D eigenvalue weighted by molar-refractivity contribution is 5.78. The van der Waals surface area contributed by atoms with Gasteiger partial charge in [0.05, 0.1) is 19.1 Å². The van der Waals surface area contributed by atoms with Crippen LogP contribution in [0.4, 0.5) is 0 Å². The lowest BCUT2D eigenvalue weighted by Crippen LogP contribution is -2.37. The van der Waals surface area contributed by atoms with E-state index in [1.54, 1.807) is 7.11 Å². The second-order valence-corrected chi connectivity index (χ2v) is 8.00. The third-order valence-electron chi connectivity index (χ3n) is 6.28. The van der Waals surface area contributed by atoms with E-state index < -0.39 is 17.0 Å². The van der Waals surface area contributed by atoms with E-state index in [-0.39, 0.29) is 12.5 Å². The second kappa shape index (κ2) is 7.96. The van der Waals surface area contributed by atoms with Crippen molar-refractivity contribution in [2.24, 2.45) is 11.3 Å². The molecule has 0 saturated heterocycles. The second-order valence-electron chi connectivity index (χ2n) is 8.00. The fraction of sp³-hybridized carbons (Fsp3) is 0.269. The maximum atomic E-state index is 12.0. The molecule has 1 N–H and O–H groups in total. The van der Waals surface area contributed by atoms with Crippen molar-refractivity contribution in [2.45, 2.75) is 18.9 Å². The molecule has 0 heterocycles. The molecule has 1 fully saturated rings. The monoisotopic (exact) mass is 402 g/mol. The number of carboxylic acids is 1. The van der Waals surface area contributed by atoms with Gasteiger partial charge in [0.1, 0.15) is 11.4 Å². The minimum absolute atomic E-state index is 0.0927. The summed E-state index contributed by atoms with van der Waals surface area (Å²) in [5.41, 5.74) is 1.07. The van der Waals surface area contributed by atoms with E-state index in [1.807, 2.05) is 91.9 Å². The minimum atomic E-state index is -0.931. The molecule has 3 aromatic rings. The molecule has 0 amide bonds. The average Bonchev–Trinajstić information content (AvgIpc) is 3.47. The average molecular weight is 402 g/mol. The molecule has 1 saturated carbocycles. The fourth-order valence-electron chi connectivity index (χ4n) is 4.21. The number of hydrogen-bond acceptors (Lipinski definition) is 3. The molecule has 0 aromatic heterocycles. The predicted molar refractivity (Wildman–Crippen MR) is 116 cm³/mol. The molecule has 1 aliphatic carbocycles. The first-order chi connectivity index (χ1) is 14.5. The highest BCUT2D eigenvalue weighted by Gasteiger charge is 2.59. The molecular weight excluding hydrogens is 376 g/mol. The van der Waals surface area contributed by atoms with Crippen LogP contribution >= 0.6 is 0 Å². The Morgan fingerprint density at radius 3 is 1.80 bits per heavy atom. The van der Waals surface area contributed by atoms with Gasteiger partial charge in [-0.15, -0.1) is 0 Å². The van der Waals surface area contributed by atoms with E-state index in [4.69, 9.17) is 9.47 Å². The van der Waals surface area contributed by atoms with Gasteiger partial charge in [0, 0.05) is 0 Å². The number of hydrogen-bond donors (Lipinski definition) is 1. The highest BCUT2D eigenvalue weighted by Crippen LogP contribution is 2.54. The molecule has 30 heavy (non-hydrogen) atoms. The highest BCUT2D eigenvalue weighted by atomic mass is 16.5. The third kappa shape index (κ3) is 3.37. The van der Waals surface area contributed by atoms with Gasteiger partial charge in [-0.25, -0.2) is 0 Å². The minimum Gasteiger partial charge on any atom is -0.497 e. The van der Waals surface area contributed by atoms with Crippen LogP contribution in [0.15, 0.2) is 84.9 Å². The summed E-state index contributed by atoms with van der Waals surface area (Å²) in [6, 6.07) is 27.8. The van der Waals surface area contributed by atoms with Crippen molar-refractivity contribution in [3.8, 4) is 5.75 Å². The molecule has 3 aromatic carbocycles. The van der Waals surface area contributed by atoms with Crippen LogP contribution in [0.5, 0.6) is 5.75 Å². The normalized spacial score (nSPS) is 20.5. The Kier molecular flexibility index (Phi) is 5.35. The molecule has 0 radical (unpaired) electrons. The number of methoxy groups -OCH3 is 1. The van der Waals surface area contributed by atoms with Gasteiger partial charge in [-0.1, -0.05) is 79.7 Å². The van der Waals surface area contributed by atoms with Gasteiger partial charge in [0.2, 0.25) is 0 Å². The van der Waals surface area contributed by atoms with E-state index in [2.05, 4.69) is 0 Å². The molecule has 2 atom stereocenters. The molecule has 0 spiro atoms. The molecule has 4 heteroatoms. The Morgan fingerprint density at radius 2 is 1.40 bits per heavy atom. The lowest BCUT2D eigenvalue weighted by Gasteiger charge is -2.37. The number of rotatable bonds is 8. The van der Waals surface area contributed by atoms with Gasteiger partial charge in [0.15, 0.2) is 0 Å². The Hall–Kier alpha value is -3.11. The van der Waals surface area contributed by atoms with Gasteiger partial charge < -0.3 is 14.6 Å². The molecule has 0 aliphatic heterocycles. The summed E-state index contributed by atoms with van der Waals surface area (Å²) >= 11 is 0. The summed E-state index contributed by atoms with van der Waals surface area (Å²) in [6.07, 6.45) is 0.630. The third-order valence-corrected chi connectivity index (χ3v) is 6.28. The summed E-state index contributed by atoms with van der Waals surface area (Å²) in [5.74, 6) is 0.0569. The molecule has 4 nitrogen and oxygen atoms in total. The largest absolute Gasteiger partial charge is 0.497 e. The Labute approximate surface area is 177 Å². The summed E-state index contributed by atoms with van der Waals surface area (Å²) < 4.78 is 12.0. The maximum Gasteiger partial charge on any atom is 0.312 e. The standard InChI is InChI=1S/C26H26O4/c1-19-17-25(19,24(27)28)18-30-26(20-9-5-3-6-10-20,21-11-7-4-8-12-21)22-13-15-23(29-2)16-14-22/h3-16,19H,17-18H2,1-2H3,(H,27,28). The van der Waals surface area contributed by atoms with Crippen molar-refractivity contribution in [3.63, 3.8) is 0 Å². The topological polar surface area (TPSA) is 55.8 Å². The van der Waals surface area contributed by atoms with Crippen LogP contribution in [0, 0.1) is 11.3 Å². The van der Waals surface area contributed by atoms with Crippen molar-refractivity contribution >= 4 is 5.97 Å². The van der Waals surface area contributed by atoms with E-state index in [0.717, 1.165) is 22.4 Å². The lowest BCUT2D eigenvalue weighted by atomic mass is 9.80. The smallest absolute Gasteiger partial charge is 0.312 e. The number of carboxylic acid groups (broad SMARTS) is 1. The number of ether oxygens (including phenoxy) is 2. The number of carbonyl (C=O) groups is 1. The van der Waals surface area contributed by atoms with Crippen LogP contribution in [0.2, 0.25) is 0 Å². The fourth-order valence-corrected chi connectivity index (χ4v) is 4.21. The summed E-state index contributed by atoms with van der Waals surface area (Å²) in [7, 11) is 1.64. The Morgan fingerprint density at radius 1 is 0.933 bits per heavy atom. The maximum absolute atomic E-state index is 12.0. The number of benzene rings is 3. The van der Waals surface area contributed by atoms with Crippen LogP contribution in [0.1, 0.15) is 30.0 Å². The van der Waals surface area contributed by atoms with Crippen LogP contribution in [-0.2, 0) is 15.1 Å². The number of aliphatic carboxylic acids is 1. The molecule has 154 valence electrons. The van der Waals surface area contributed by atoms with E-state index in [1.165, 1.54) is 0 Å². The zero-order valence-electron chi connectivity index (χ0n) is 17.2. The van der Waals surface area contributed by atoms with Crippen LogP contribution in [0.25, 0.3) is 0 Å². The molecule has 1 aliphatic rings. The lowest BCUT2D eigenvalue weighted by molar-refractivity contribution is -0.148. The molecule has 0 bridgehead atoms. The van der Waals surface area contributed by atoms with Gasteiger partial charge in [0.25, 0.3) is 0 Å². The van der Waals surface area contributed by atoms with Gasteiger partial charge in [-0.05, 0) is 41.2 Å². The van der Waals surface area contributed by atoms with Crippen molar-refractivity contribution in [2.75, 3.05) is 13.7 Å². The van der Waals surface area contributed by atoms with E-state index >= 15 is 0 Å². The van der Waals surface area contributed by atoms with E-state index in [9.17, 15) is 9.90 Å². The van der Waals surface area contributed by atoms with Crippen molar-refractivity contribution < 1.29 is 19.4 Å². The Balaban J connectivity index is 1.88. The van der Waals surface area contributed by atoms with Gasteiger partial charge in [-0.3, -0.25) is 4.79 Å². The van der Waals surface area contributed by atoms with Crippen molar-refractivity contribution in [3.05, 3.63) is 102 Å². The zero-order valence-corrected chi connectivity index (χ0v) is 17.2. The first-order valence-electron chi connectivity index (χ1n) is 10.2. The van der Waals surface area contributed by atoms with E-state index in [0.29, 0.717) is 6.42 Å². The van der Waals surface area contributed by atoms with Gasteiger partial charge in [-0.2, -0.15) is 0 Å². The summed E-state index contributed by atoms with van der Waals surface area (Å²) in [4.78, 5) is 12.0. The van der Waals surface area contributed by atoms with Crippen LogP contribution in [-0.4, -0.2) is 24.8 Å². The quantitative estimate of drug-likeness (QED) is 0.532. The molecule has 2 unspecified atom stereocenters. The molecule has 4 rings (SSSR count). The summed E-state index contributed by atoms with van der Waals surface area (Å²) in [6.45, 7) is 2.11. The molecular formula is C26H26O4. The summed E-state index contributed by atoms with van der Waals surface area (Å²) in [5, 5.41) is 9.85. The van der Waals surface area contributed by atoms with Crippen LogP contribution < -0.4 is 4.74 Å². The van der Waals surface area contributed by atoms with Crippen molar-refractivity contribution in [1.82, 2.24) is 0 Å². The SMILES string of the molecule is COc1ccc(C(OCC2(C(=O)O)CC2C)(c2ccccc2)c2ccccc2)cc1. The first kappa shape index (κ1) is 20.2. The zero-order chi connectivity index (χ0) is 21.2. The first-order valence-corrected chi connectivity index (χ1v) is 10.2. The van der Waals surface area contributed by atoms with Crippen molar-refractivity contribution in [1.29, 1.82) is 0 Å². The Bertz CT molecular complexity index is 959. The van der Waals surface area contributed by atoms with Crippen LogP contribution in [0.3, 0.4) is 0 Å². The van der Waals surface area contributed by atoms with Gasteiger partial charge >= 0.3 is 5.97 Å². The predicted octanol–water partition coefficient (Wildman–Crippen LogP) is 5.11.